The molecule has 0 aliphatic carbocycles. The summed E-state index contributed by atoms with van der Waals surface area (Å²) >= 11 is 3.65. The van der Waals surface area contributed by atoms with Crippen molar-refractivity contribution in [3.63, 3.8) is 0 Å². The van der Waals surface area contributed by atoms with Gasteiger partial charge in [0.2, 0.25) is 0 Å². The van der Waals surface area contributed by atoms with E-state index in [1.54, 1.807) is 11.3 Å². The van der Waals surface area contributed by atoms with Gasteiger partial charge in [-0.1, -0.05) is 84.9 Å². The van der Waals surface area contributed by atoms with Crippen molar-refractivity contribution in [2.24, 2.45) is 0 Å². The highest BCUT2D eigenvalue weighted by Gasteiger charge is 2.19. The lowest BCUT2D eigenvalue weighted by molar-refractivity contribution is 1.24. The van der Waals surface area contributed by atoms with Gasteiger partial charge in [-0.2, -0.15) is 0 Å². The molecule has 0 aliphatic heterocycles. The van der Waals surface area contributed by atoms with Crippen LogP contribution in [0.25, 0.3) is 84.7 Å². The molecule has 3 heterocycles. The Morgan fingerprint density at radius 2 is 1.13 bits per heavy atom. The normalized spacial score (nSPS) is 12.2. The Bertz CT molecular complexity index is 2350. The van der Waals surface area contributed by atoms with Crippen LogP contribution in [-0.4, -0.2) is 9.97 Å². The molecule has 0 aliphatic rings. The summed E-state index contributed by atoms with van der Waals surface area (Å²) in [5.41, 5.74) is 4.18. The van der Waals surface area contributed by atoms with Crippen LogP contribution in [0.1, 0.15) is 0 Å². The van der Waals surface area contributed by atoms with Crippen LogP contribution in [0.15, 0.2) is 109 Å². The first-order valence-electron chi connectivity index (χ1n) is 12.7. The van der Waals surface area contributed by atoms with E-state index in [0.29, 0.717) is 0 Å². The second kappa shape index (κ2) is 7.57. The van der Waals surface area contributed by atoms with Crippen molar-refractivity contribution in [1.82, 2.24) is 9.97 Å². The highest BCUT2D eigenvalue weighted by molar-refractivity contribution is 7.26. The van der Waals surface area contributed by atoms with Crippen molar-refractivity contribution in [2.45, 2.75) is 0 Å². The molecule has 6 aromatic carbocycles. The van der Waals surface area contributed by atoms with Gasteiger partial charge >= 0.3 is 0 Å². The Hall–Kier alpha value is -4.38. The van der Waals surface area contributed by atoms with Crippen LogP contribution in [0.3, 0.4) is 0 Å². The first-order chi connectivity index (χ1) is 18.8. The lowest BCUT2D eigenvalue weighted by atomic mass is 9.93. The lowest BCUT2D eigenvalue weighted by Gasteiger charge is -2.11. The van der Waals surface area contributed by atoms with E-state index in [-0.39, 0.29) is 0 Å². The van der Waals surface area contributed by atoms with Crippen molar-refractivity contribution in [2.75, 3.05) is 0 Å². The zero-order valence-corrected chi connectivity index (χ0v) is 21.7. The van der Waals surface area contributed by atoms with Crippen LogP contribution in [0.2, 0.25) is 0 Å². The highest BCUT2D eigenvalue weighted by Crippen LogP contribution is 2.46. The predicted octanol–water partition coefficient (Wildman–Crippen LogP) is 10.3. The molecular weight excluding hydrogens is 501 g/mol. The molecule has 0 amide bonds. The number of aromatic nitrogens is 2. The fourth-order valence-corrected chi connectivity index (χ4v) is 8.28. The number of benzene rings is 6. The molecule has 0 unspecified atom stereocenters. The third-order valence-electron chi connectivity index (χ3n) is 7.65. The molecule has 38 heavy (non-hydrogen) atoms. The summed E-state index contributed by atoms with van der Waals surface area (Å²) in [6, 6.07) is 39.2. The largest absolute Gasteiger partial charge is 0.226 e. The van der Waals surface area contributed by atoms with Crippen molar-refractivity contribution >= 4 is 84.7 Å². The van der Waals surface area contributed by atoms with Gasteiger partial charge in [-0.05, 0) is 45.8 Å². The summed E-state index contributed by atoms with van der Waals surface area (Å²) in [5.74, 6) is 0.768. The molecule has 9 aromatic rings. The molecule has 0 bridgehead atoms. The topological polar surface area (TPSA) is 25.8 Å². The van der Waals surface area contributed by atoms with Crippen LogP contribution < -0.4 is 0 Å². The molecule has 0 spiro atoms. The van der Waals surface area contributed by atoms with E-state index in [1.165, 1.54) is 51.8 Å². The van der Waals surface area contributed by atoms with Gasteiger partial charge in [-0.15, -0.1) is 22.7 Å². The number of hydrogen-bond donors (Lipinski definition) is 0. The molecule has 3 aromatic heterocycles. The number of rotatable bonds is 2. The quantitative estimate of drug-likeness (QED) is 0.213. The molecule has 0 saturated heterocycles. The summed E-state index contributed by atoms with van der Waals surface area (Å²) < 4.78 is 5.07. The molecule has 9 rings (SSSR count). The van der Waals surface area contributed by atoms with E-state index in [2.05, 4.69) is 109 Å². The Balaban J connectivity index is 1.39. The Morgan fingerprint density at radius 3 is 1.95 bits per heavy atom. The van der Waals surface area contributed by atoms with Crippen molar-refractivity contribution < 1.29 is 0 Å². The number of hydrogen-bond acceptors (Lipinski definition) is 4. The molecule has 0 fully saturated rings. The molecule has 0 radical (unpaired) electrons. The van der Waals surface area contributed by atoms with Crippen LogP contribution in [0.5, 0.6) is 0 Å². The molecule has 2 nitrogen and oxygen atoms in total. The van der Waals surface area contributed by atoms with Gasteiger partial charge in [0.05, 0.1) is 15.9 Å². The zero-order valence-electron chi connectivity index (χ0n) is 20.1. The van der Waals surface area contributed by atoms with E-state index < -0.39 is 0 Å². The number of thiophene rings is 2. The van der Waals surface area contributed by atoms with Gasteiger partial charge in [-0.3, -0.25) is 0 Å². The van der Waals surface area contributed by atoms with E-state index in [0.717, 1.165) is 32.9 Å². The van der Waals surface area contributed by atoms with Crippen LogP contribution in [0, 0.1) is 0 Å². The minimum Gasteiger partial charge on any atom is -0.226 e. The van der Waals surface area contributed by atoms with Gasteiger partial charge in [0.15, 0.2) is 5.82 Å². The van der Waals surface area contributed by atoms with E-state index in [4.69, 9.17) is 9.97 Å². The fourth-order valence-electron chi connectivity index (χ4n) is 5.97. The maximum Gasteiger partial charge on any atom is 0.160 e. The monoisotopic (exact) mass is 518 g/mol. The summed E-state index contributed by atoms with van der Waals surface area (Å²) in [4.78, 5) is 10.4. The molecule has 0 N–H and O–H groups in total. The SMILES string of the molecule is c1ccc(-c2nc(-c3ccc4c(c3)c3cccc5sc6cccc4c6c53)nc3c2sc2ccccc23)cc1. The van der Waals surface area contributed by atoms with E-state index >= 15 is 0 Å². The maximum absolute atomic E-state index is 5.21. The van der Waals surface area contributed by atoms with E-state index in [9.17, 15) is 0 Å². The van der Waals surface area contributed by atoms with Gasteiger partial charge < -0.3 is 0 Å². The number of nitrogens with zero attached hydrogens (tertiary/aromatic N) is 2. The molecule has 0 atom stereocenters. The predicted molar refractivity (Wildman–Crippen MR) is 165 cm³/mol. The van der Waals surface area contributed by atoms with E-state index in [1.807, 2.05) is 11.3 Å². The molecule has 176 valence electrons. The minimum absolute atomic E-state index is 0.768. The Labute approximate surface area is 225 Å². The first-order valence-corrected chi connectivity index (χ1v) is 14.3. The average molecular weight is 519 g/mol. The minimum atomic E-state index is 0.768. The summed E-state index contributed by atoms with van der Waals surface area (Å²) in [6.07, 6.45) is 0. The van der Waals surface area contributed by atoms with Crippen LogP contribution in [-0.2, 0) is 0 Å². The standard InChI is InChI=1S/C34H18N2S2/c1-2-8-19(9-3-1)31-33-32(24-10-4-5-13-26(24)38-33)36-34(35-31)20-16-17-21-22-11-6-14-27-29(22)30-23(25(21)18-20)12-7-15-28(30)37-27/h1-18H. The Morgan fingerprint density at radius 1 is 0.447 bits per heavy atom. The van der Waals surface area contributed by atoms with Crippen molar-refractivity contribution in [1.29, 1.82) is 0 Å². The summed E-state index contributed by atoms with van der Waals surface area (Å²) in [7, 11) is 0. The lowest BCUT2D eigenvalue weighted by Crippen LogP contribution is -1.94. The highest BCUT2D eigenvalue weighted by atomic mass is 32.1. The third-order valence-corrected chi connectivity index (χ3v) is 9.93. The van der Waals surface area contributed by atoms with Gasteiger partial charge in [0, 0.05) is 41.4 Å². The van der Waals surface area contributed by atoms with Crippen molar-refractivity contribution in [3.8, 4) is 22.6 Å². The third kappa shape index (κ3) is 2.76. The van der Waals surface area contributed by atoms with Crippen LogP contribution >= 0.6 is 22.7 Å². The van der Waals surface area contributed by atoms with Gasteiger partial charge in [0.1, 0.15) is 0 Å². The smallest absolute Gasteiger partial charge is 0.160 e. The maximum atomic E-state index is 5.21. The van der Waals surface area contributed by atoms with Crippen molar-refractivity contribution in [3.05, 3.63) is 109 Å². The van der Waals surface area contributed by atoms with Crippen LogP contribution in [0.4, 0.5) is 0 Å². The Kier molecular flexibility index (Phi) is 4.12. The number of fused-ring (bicyclic) bond motifs is 6. The first kappa shape index (κ1) is 20.7. The zero-order chi connectivity index (χ0) is 24.8. The average Bonchev–Trinajstić information content (AvgIpc) is 3.55. The van der Waals surface area contributed by atoms with Gasteiger partial charge in [-0.25, -0.2) is 9.97 Å². The summed E-state index contributed by atoms with van der Waals surface area (Å²) in [5, 5.41) is 9.10. The second-order valence-corrected chi connectivity index (χ2v) is 11.9. The van der Waals surface area contributed by atoms with Gasteiger partial charge in [0.25, 0.3) is 0 Å². The molecule has 4 heteroatoms. The molecular formula is C34H18N2S2. The second-order valence-electron chi connectivity index (χ2n) is 9.76. The summed E-state index contributed by atoms with van der Waals surface area (Å²) in [6.45, 7) is 0. The fraction of sp³-hybridized carbons (Fsp3) is 0. The molecule has 0 saturated carbocycles.